The van der Waals surface area contributed by atoms with E-state index in [2.05, 4.69) is 5.32 Å². The van der Waals surface area contributed by atoms with E-state index in [0.29, 0.717) is 64.6 Å². The molecule has 51 heavy (non-hydrogen) atoms. The summed E-state index contributed by atoms with van der Waals surface area (Å²) in [6, 6.07) is 5.05. The fourth-order valence-electron chi connectivity index (χ4n) is 4.88. The van der Waals surface area contributed by atoms with E-state index in [1.165, 1.54) is 17.1 Å². The van der Waals surface area contributed by atoms with Crippen LogP contribution in [-0.2, 0) is 55.9 Å². The van der Waals surface area contributed by atoms with Crippen LogP contribution in [0.4, 0.5) is 0 Å². The summed E-state index contributed by atoms with van der Waals surface area (Å²) in [6.07, 6.45) is -5.95. The van der Waals surface area contributed by atoms with Crippen molar-refractivity contribution in [2.75, 3.05) is 52.7 Å². The lowest BCUT2D eigenvalue weighted by molar-refractivity contribution is -0.271. The molecule has 1 aromatic rings. The van der Waals surface area contributed by atoms with Crippen LogP contribution in [0.15, 0.2) is 30.4 Å². The molecule has 2 heterocycles. The Labute approximate surface area is 296 Å². The minimum Gasteiger partial charge on any atom is -0.479 e. The molecule has 3 rings (SSSR count). The first kappa shape index (κ1) is 41.7. The highest BCUT2D eigenvalue weighted by Crippen LogP contribution is 2.29. The lowest BCUT2D eigenvalue weighted by atomic mass is 9.97. The Hall–Kier alpha value is -3.68. The summed E-state index contributed by atoms with van der Waals surface area (Å²) in [5, 5.41) is 52.2. The summed E-state index contributed by atoms with van der Waals surface area (Å²) < 4.78 is 33.0. The van der Waals surface area contributed by atoms with Crippen molar-refractivity contribution < 1.29 is 73.1 Å². The van der Waals surface area contributed by atoms with Crippen LogP contribution in [0, 0.1) is 5.41 Å². The van der Waals surface area contributed by atoms with E-state index in [4.69, 9.17) is 28.4 Å². The number of carboxylic acid groups (broad SMARTS) is 1. The quantitative estimate of drug-likeness (QED) is 0.0675. The number of ether oxygens (including phenoxy) is 6. The van der Waals surface area contributed by atoms with Gasteiger partial charge in [-0.2, -0.15) is 0 Å². The zero-order chi connectivity index (χ0) is 37.6. The number of aliphatic hydroxyl groups excluding tert-OH is 4. The maximum Gasteiger partial charge on any atom is 0.335 e. The molecule has 1 fully saturated rings. The molecule has 0 aliphatic carbocycles. The van der Waals surface area contributed by atoms with E-state index in [1.54, 1.807) is 39.0 Å². The number of esters is 1. The van der Waals surface area contributed by atoms with Gasteiger partial charge in [0.15, 0.2) is 6.10 Å². The zero-order valence-electron chi connectivity index (χ0n) is 29.1. The molecule has 0 radical (unpaired) electrons. The molecule has 0 bridgehead atoms. The number of rotatable bonds is 21. The van der Waals surface area contributed by atoms with Gasteiger partial charge < -0.3 is 64.2 Å². The van der Waals surface area contributed by atoms with E-state index < -0.39 is 54.3 Å². The molecule has 0 spiro atoms. The van der Waals surface area contributed by atoms with Crippen molar-refractivity contribution in [3.05, 3.63) is 41.5 Å². The SMILES string of the molecule is CC(C)(C)C(=O)OCc1cc(CCCOCCOCCOCCNC(=O)CCN2C(=O)C=CC2O)ccc1O[C@@H]1O[C@H](C(=O)O)[C@@H](O)[C@H](O)[C@H]1O. The van der Waals surface area contributed by atoms with Crippen LogP contribution in [0.25, 0.3) is 0 Å². The lowest BCUT2D eigenvalue weighted by Gasteiger charge is -2.38. The van der Waals surface area contributed by atoms with Crippen LogP contribution in [0.2, 0.25) is 0 Å². The van der Waals surface area contributed by atoms with Crippen LogP contribution in [0.1, 0.15) is 44.7 Å². The van der Waals surface area contributed by atoms with Gasteiger partial charge >= 0.3 is 11.9 Å². The fraction of sp³-hybridized carbons (Fsp3) is 0.647. The van der Waals surface area contributed by atoms with Crippen molar-refractivity contribution >= 4 is 23.8 Å². The molecule has 286 valence electrons. The van der Waals surface area contributed by atoms with Crippen molar-refractivity contribution in [3.63, 3.8) is 0 Å². The number of aliphatic carboxylic acids is 1. The molecule has 1 aromatic carbocycles. The van der Waals surface area contributed by atoms with E-state index in [9.17, 15) is 44.7 Å². The van der Waals surface area contributed by atoms with Gasteiger partial charge in [-0.3, -0.25) is 14.4 Å². The van der Waals surface area contributed by atoms with Gasteiger partial charge in [0.05, 0.1) is 38.4 Å². The number of amides is 2. The largest absolute Gasteiger partial charge is 0.479 e. The van der Waals surface area contributed by atoms with Gasteiger partial charge in [-0.25, -0.2) is 4.79 Å². The molecule has 17 heteroatoms. The number of carbonyl (C=O) groups is 4. The molecule has 6 atom stereocenters. The van der Waals surface area contributed by atoms with Crippen molar-refractivity contribution in [2.45, 2.75) is 83.6 Å². The lowest BCUT2D eigenvalue weighted by Crippen LogP contribution is -2.61. The molecular weight excluding hydrogens is 676 g/mol. The number of nitrogens with one attached hydrogen (secondary N) is 1. The Bertz CT molecular complexity index is 1330. The maximum atomic E-state index is 12.4. The van der Waals surface area contributed by atoms with Crippen molar-refractivity contribution in [3.8, 4) is 5.75 Å². The molecule has 2 aliphatic rings. The molecule has 2 amide bonds. The van der Waals surface area contributed by atoms with Crippen molar-refractivity contribution in [2.24, 2.45) is 5.41 Å². The van der Waals surface area contributed by atoms with Crippen LogP contribution < -0.4 is 10.1 Å². The first-order valence-corrected chi connectivity index (χ1v) is 16.7. The van der Waals surface area contributed by atoms with Crippen LogP contribution >= 0.6 is 0 Å². The summed E-state index contributed by atoms with van der Waals surface area (Å²) in [6.45, 7) is 7.47. The molecular formula is C34H50N2O15. The number of carboxylic acids is 1. The Balaban J connectivity index is 1.33. The number of nitrogens with zero attached hydrogens (tertiary/aromatic N) is 1. The highest BCUT2D eigenvalue weighted by Gasteiger charge is 2.48. The third-order valence-corrected chi connectivity index (χ3v) is 7.81. The first-order valence-electron chi connectivity index (χ1n) is 16.7. The normalized spacial score (nSPS) is 23.4. The molecule has 17 nitrogen and oxygen atoms in total. The number of aryl methyl sites for hydroxylation is 1. The van der Waals surface area contributed by atoms with Crippen molar-refractivity contribution in [1.82, 2.24) is 10.2 Å². The Morgan fingerprint density at radius 2 is 1.59 bits per heavy atom. The molecule has 1 unspecified atom stereocenters. The predicted octanol–water partition coefficient (Wildman–Crippen LogP) is -0.748. The summed E-state index contributed by atoms with van der Waals surface area (Å²) in [5.41, 5.74) is 0.507. The molecule has 1 saturated heterocycles. The standard InChI is InChI=1S/C34H50N2O15/c1-34(2,3)33(45)49-20-22-19-21(6-7-23(22)50-32-29(42)27(40)28(41)30(51-32)31(43)44)5-4-13-46-15-17-48-18-16-47-14-11-35-24(37)10-12-36-25(38)8-9-26(36)39/h6-9,19,25,27-30,32,38,40-42H,4-5,10-18,20H2,1-3H3,(H,35,37)(H,43,44)/t25?,27-,28-,29+,30-,32+/m0/s1. The van der Waals surface area contributed by atoms with Crippen molar-refractivity contribution in [1.29, 1.82) is 0 Å². The van der Waals surface area contributed by atoms with Gasteiger partial charge in [0.2, 0.25) is 18.1 Å². The van der Waals surface area contributed by atoms with Gasteiger partial charge in [0.1, 0.15) is 36.9 Å². The number of carbonyl (C=O) groups excluding carboxylic acids is 3. The third-order valence-electron chi connectivity index (χ3n) is 7.81. The Kier molecular flexibility index (Phi) is 16.7. The second-order valence-corrected chi connectivity index (χ2v) is 13.0. The van der Waals surface area contributed by atoms with Gasteiger partial charge in [0, 0.05) is 37.8 Å². The Morgan fingerprint density at radius 3 is 2.22 bits per heavy atom. The van der Waals surface area contributed by atoms with Gasteiger partial charge in [-0.15, -0.1) is 0 Å². The topological polar surface area (TPSA) is 240 Å². The summed E-state index contributed by atoms with van der Waals surface area (Å²) in [5.74, 6) is -2.45. The van der Waals surface area contributed by atoms with Crippen LogP contribution in [0.5, 0.6) is 5.75 Å². The first-order chi connectivity index (χ1) is 24.2. The van der Waals surface area contributed by atoms with Crippen LogP contribution in [0.3, 0.4) is 0 Å². The minimum atomic E-state index is -1.87. The maximum absolute atomic E-state index is 12.4. The van der Waals surface area contributed by atoms with Gasteiger partial charge in [0.25, 0.3) is 0 Å². The zero-order valence-corrected chi connectivity index (χ0v) is 29.1. The molecule has 0 saturated carbocycles. The third kappa shape index (κ3) is 13.4. The van der Waals surface area contributed by atoms with E-state index >= 15 is 0 Å². The summed E-state index contributed by atoms with van der Waals surface area (Å²) in [7, 11) is 0. The number of hydrogen-bond acceptors (Lipinski definition) is 14. The summed E-state index contributed by atoms with van der Waals surface area (Å²) in [4.78, 5) is 48.6. The average molecular weight is 727 g/mol. The van der Waals surface area contributed by atoms with Gasteiger partial charge in [-0.05, 0) is 57.4 Å². The van der Waals surface area contributed by atoms with E-state index in [-0.39, 0.29) is 37.1 Å². The number of benzene rings is 1. The second-order valence-electron chi connectivity index (χ2n) is 13.0. The number of aliphatic hydroxyl groups is 4. The number of hydrogen-bond donors (Lipinski definition) is 6. The Morgan fingerprint density at radius 1 is 0.922 bits per heavy atom. The minimum absolute atomic E-state index is 0.0734. The smallest absolute Gasteiger partial charge is 0.335 e. The highest BCUT2D eigenvalue weighted by atomic mass is 16.7. The highest BCUT2D eigenvalue weighted by molar-refractivity contribution is 5.90. The molecule has 2 aliphatic heterocycles. The second kappa shape index (κ2) is 20.4. The van der Waals surface area contributed by atoms with Crippen LogP contribution in [-0.4, -0.2) is 144 Å². The fourth-order valence-corrected chi connectivity index (χ4v) is 4.88. The van der Waals surface area contributed by atoms with E-state index in [0.717, 1.165) is 5.56 Å². The van der Waals surface area contributed by atoms with Gasteiger partial charge in [-0.1, -0.05) is 6.07 Å². The van der Waals surface area contributed by atoms with E-state index in [1.807, 2.05) is 0 Å². The molecule has 0 aromatic heterocycles. The molecule has 6 N–H and O–H groups in total. The summed E-state index contributed by atoms with van der Waals surface area (Å²) >= 11 is 0. The average Bonchev–Trinajstić information content (AvgIpc) is 3.40. The predicted molar refractivity (Wildman–Crippen MR) is 176 cm³/mol. The monoisotopic (exact) mass is 726 g/mol.